The average molecular weight is 408 g/mol. The Labute approximate surface area is 171 Å². The number of methoxy groups -OCH3 is 2. The quantitative estimate of drug-likeness (QED) is 0.467. The molecule has 0 aliphatic heterocycles. The molecule has 0 spiro atoms. The first-order valence-electron chi connectivity index (χ1n) is 9.17. The SMILES string of the molecule is COC(=O)c1ccc(OCc2nnc3n(C)c(=O)c4cc(C)ccc4n23)c(OC)c1. The van der Waals surface area contributed by atoms with Crippen molar-refractivity contribution in [1.82, 2.24) is 19.2 Å². The molecule has 0 bridgehead atoms. The Balaban J connectivity index is 1.75. The number of esters is 1. The van der Waals surface area contributed by atoms with E-state index in [9.17, 15) is 9.59 Å². The number of fused-ring (bicyclic) bond motifs is 3. The highest BCUT2D eigenvalue weighted by molar-refractivity contribution is 5.90. The number of aromatic nitrogens is 4. The monoisotopic (exact) mass is 408 g/mol. The van der Waals surface area contributed by atoms with Crippen LogP contribution in [0.25, 0.3) is 16.7 Å². The van der Waals surface area contributed by atoms with E-state index in [1.807, 2.05) is 25.1 Å². The minimum Gasteiger partial charge on any atom is -0.493 e. The number of hydrogen-bond acceptors (Lipinski definition) is 7. The highest BCUT2D eigenvalue weighted by Crippen LogP contribution is 2.29. The molecule has 0 unspecified atom stereocenters. The molecule has 9 nitrogen and oxygen atoms in total. The first-order chi connectivity index (χ1) is 14.4. The van der Waals surface area contributed by atoms with Crippen molar-refractivity contribution in [3.8, 4) is 11.5 Å². The van der Waals surface area contributed by atoms with Gasteiger partial charge in [-0.15, -0.1) is 10.2 Å². The number of hydrogen-bond donors (Lipinski definition) is 0. The van der Waals surface area contributed by atoms with Crippen LogP contribution >= 0.6 is 0 Å². The van der Waals surface area contributed by atoms with E-state index in [4.69, 9.17) is 14.2 Å². The predicted molar refractivity (Wildman–Crippen MR) is 109 cm³/mol. The summed E-state index contributed by atoms with van der Waals surface area (Å²) in [6.07, 6.45) is 0. The fraction of sp³-hybridized carbons (Fsp3) is 0.238. The molecule has 154 valence electrons. The second kappa shape index (κ2) is 7.51. The van der Waals surface area contributed by atoms with Gasteiger partial charge in [-0.1, -0.05) is 11.6 Å². The van der Waals surface area contributed by atoms with Gasteiger partial charge in [0.1, 0.15) is 6.61 Å². The van der Waals surface area contributed by atoms with Gasteiger partial charge in [0.15, 0.2) is 17.3 Å². The summed E-state index contributed by atoms with van der Waals surface area (Å²) < 4.78 is 19.2. The standard InChI is InChI=1S/C21H20N4O5/c1-12-5-7-15-14(9-12)19(26)24(2)21-23-22-18(25(15)21)11-30-16-8-6-13(20(27)29-4)10-17(16)28-3/h5-10H,11H2,1-4H3. The molecule has 0 saturated heterocycles. The maximum Gasteiger partial charge on any atom is 0.337 e. The van der Waals surface area contributed by atoms with Gasteiger partial charge >= 0.3 is 5.97 Å². The number of carbonyl (C=O) groups is 1. The van der Waals surface area contributed by atoms with Crippen molar-refractivity contribution >= 4 is 22.6 Å². The summed E-state index contributed by atoms with van der Waals surface area (Å²) in [5.74, 6) is 1.30. The van der Waals surface area contributed by atoms with Crippen LogP contribution in [0.5, 0.6) is 11.5 Å². The summed E-state index contributed by atoms with van der Waals surface area (Å²) in [7, 11) is 4.46. The minimum absolute atomic E-state index is 0.0796. The molecule has 0 radical (unpaired) electrons. The van der Waals surface area contributed by atoms with Gasteiger partial charge in [-0.2, -0.15) is 0 Å². The van der Waals surface area contributed by atoms with Crippen molar-refractivity contribution in [3.63, 3.8) is 0 Å². The molecule has 9 heteroatoms. The first-order valence-corrected chi connectivity index (χ1v) is 9.17. The van der Waals surface area contributed by atoms with Gasteiger partial charge in [0, 0.05) is 7.05 Å². The lowest BCUT2D eigenvalue weighted by atomic mass is 10.1. The van der Waals surface area contributed by atoms with Crippen molar-refractivity contribution in [1.29, 1.82) is 0 Å². The van der Waals surface area contributed by atoms with E-state index >= 15 is 0 Å². The van der Waals surface area contributed by atoms with Crippen LogP contribution in [-0.4, -0.2) is 39.4 Å². The fourth-order valence-electron chi connectivity index (χ4n) is 3.33. The zero-order valence-electron chi connectivity index (χ0n) is 17.0. The van der Waals surface area contributed by atoms with Crippen molar-refractivity contribution in [2.75, 3.05) is 14.2 Å². The second-order valence-corrected chi connectivity index (χ2v) is 6.78. The maximum absolute atomic E-state index is 12.7. The number of nitrogens with zero attached hydrogens (tertiary/aromatic N) is 4. The minimum atomic E-state index is -0.467. The summed E-state index contributed by atoms with van der Waals surface area (Å²) in [6.45, 7) is 2.01. The number of aryl methyl sites for hydroxylation is 2. The third-order valence-corrected chi connectivity index (χ3v) is 4.88. The largest absolute Gasteiger partial charge is 0.493 e. The molecule has 0 amide bonds. The maximum atomic E-state index is 12.7. The summed E-state index contributed by atoms with van der Waals surface area (Å²) in [5, 5.41) is 8.95. The molecule has 0 N–H and O–H groups in total. The van der Waals surface area contributed by atoms with Gasteiger partial charge in [-0.25, -0.2) is 4.79 Å². The third kappa shape index (κ3) is 3.14. The number of benzene rings is 2. The predicted octanol–water partition coefficient (Wildman–Crippen LogP) is 2.26. The van der Waals surface area contributed by atoms with Crippen LogP contribution in [0.4, 0.5) is 0 Å². The molecule has 2 aromatic carbocycles. The zero-order valence-corrected chi connectivity index (χ0v) is 17.0. The molecular formula is C21H20N4O5. The van der Waals surface area contributed by atoms with Crippen LogP contribution in [0.3, 0.4) is 0 Å². The Hall–Kier alpha value is -3.88. The molecule has 0 aliphatic carbocycles. The van der Waals surface area contributed by atoms with Crippen molar-refractivity contribution < 1.29 is 19.0 Å². The van der Waals surface area contributed by atoms with Gasteiger partial charge in [-0.05, 0) is 37.3 Å². The Morgan fingerprint density at radius 2 is 1.87 bits per heavy atom. The summed E-state index contributed by atoms with van der Waals surface area (Å²) in [6, 6.07) is 10.4. The number of rotatable bonds is 5. The highest BCUT2D eigenvalue weighted by atomic mass is 16.5. The lowest BCUT2D eigenvalue weighted by Crippen LogP contribution is -2.20. The van der Waals surface area contributed by atoms with Crippen molar-refractivity contribution in [2.45, 2.75) is 13.5 Å². The summed E-state index contributed by atoms with van der Waals surface area (Å²) in [5.41, 5.74) is 1.91. The molecule has 0 aliphatic rings. The van der Waals surface area contributed by atoms with Gasteiger partial charge in [0.25, 0.3) is 5.56 Å². The van der Waals surface area contributed by atoms with E-state index in [1.54, 1.807) is 29.6 Å². The van der Waals surface area contributed by atoms with E-state index in [2.05, 4.69) is 10.2 Å². The smallest absolute Gasteiger partial charge is 0.337 e. The molecular weight excluding hydrogens is 388 g/mol. The highest BCUT2D eigenvalue weighted by Gasteiger charge is 2.17. The Kier molecular flexibility index (Phi) is 4.86. The molecule has 30 heavy (non-hydrogen) atoms. The van der Waals surface area contributed by atoms with E-state index in [0.29, 0.717) is 39.6 Å². The fourth-order valence-corrected chi connectivity index (χ4v) is 3.33. The molecule has 0 atom stereocenters. The van der Waals surface area contributed by atoms with Gasteiger partial charge in [-0.3, -0.25) is 13.8 Å². The lowest BCUT2D eigenvalue weighted by Gasteiger charge is -2.12. The second-order valence-electron chi connectivity index (χ2n) is 6.78. The Bertz CT molecular complexity index is 1340. The summed E-state index contributed by atoms with van der Waals surface area (Å²) in [4.78, 5) is 24.4. The van der Waals surface area contributed by atoms with Crippen LogP contribution in [-0.2, 0) is 18.4 Å². The zero-order chi connectivity index (χ0) is 21.4. The molecule has 0 saturated carbocycles. The van der Waals surface area contributed by atoms with Crippen LogP contribution in [0.2, 0.25) is 0 Å². The number of ether oxygens (including phenoxy) is 3. The van der Waals surface area contributed by atoms with Gasteiger partial charge < -0.3 is 14.2 Å². The van der Waals surface area contributed by atoms with Crippen molar-refractivity contribution in [2.24, 2.45) is 7.05 Å². The summed E-state index contributed by atoms with van der Waals surface area (Å²) >= 11 is 0. The molecule has 4 aromatic rings. The lowest BCUT2D eigenvalue weighted by molar-refractivity contribution is 0.0600. The number of carbonyl (C=O) groups excluding carboxylic acids is 1. The van der Waals surface area contributed by atoms with E-state index in [-0.39, 0.29) is 12.2 Å². The average Bonchev–Trinajstić information content (AvgIpc) is 3.19. The third-order valence-electron chi connectivity index (χ3n) is 4.88. The van der Waals surface area contributed by atoms with Crippen LogP contribution in [0.1, 0.15) is 21.7 Å². The van der Waals surface area contributed by atoms with Crippen LogP contribution in [0, 0.1) is 6.92 Å². The molecule has 2 heterocycles. The van der Waals surface area contributed by atoms with Crippen LogP contribution in [0.15, 0.2) is 41.2 Å². The van der Waals surface area contributed by atoms with E-state index in [1.165, 1.54) is 18.8 Å². The van der Waals surface area contributed by atoms with Gasteiger partial charge in [0.2, 0.25) is 5.78 Å². The topological polar surface area (TPSA) is 97.0 Å². The van der Waals surface area contributed by atoms with E-state index < -0.39 is 5.97 Å². The Morgan fingerprint density at radius 1 is 1.07 bits per heavy atom. The molecule has 0 fully saturated rings. The van der Waals surface area contributed by atoms with E-state index in [0.717, 1.165) is 5.56 Å². The first kappa shape index (κ1) is 19.4. The normalized spacial score (nSPS) is 11.1. The van der Waals surface area contributed by atoms with Crippen LogP contribution < -0.4 is 15.0 Å². The molecule has 2 aromatic heterocycles. The molecule has 4 rings (SSSR count). The van der Waals surface area contributed by atoms with Crippen molar-refractivity contribution in [3.05, 3.63) is 63.7 Å². The van der Waals surface area contributed by atoms with Gasteiger partial charge in [0.05, 0.1) is 30.7 Å². The Morgan fingerprint density at radius 3 is 2.60 bits per heavy atom.